The molecule has 2 aliphatic heterocycles. The van der Waals surface area contributed by atoms with Crippen molar-refractivity contribution < 1.29 is 9.53 Å². The lowest BCUT2D eigenvalue weighted by atomic mass is 9.94. The highest BCUT2D eigenvalue weighted by atomic mass is 35.5. The van der Waals surface area contributed by atoms with E-state index in [4.69, 9.17) is 39.5 Å². The number of nitrogens with one attached hydrogen (secondary N) is 1. The zero-order chi connectivity index (χ0) is 22.7. The van der Waals surface area contributed by atoms with Crippen molar-refractivity contribution in [2.75, 3.05) is 49.6 Å². The van der Waals surface area contributed by atoms with Gasteiger partial charge in [-0.25, -0.2) is 0 Å². The van der Waals surface area contributed by atoms with Gasteiger partial charge in [-0.05, 0) is 55.7 Å². The van der Waals surface area contributed by atoms with Crippen molar-refractivity contribution in [2.45, 2.75) is 25.8 Å². The fraction of sp³-hybridized carbons (Fsp3) is 0.458. The third kappa shape index (κ3) is 5.45. The van der Waals surface area contributed by atoms with Gasteiger partial charge in [0.05, 0.1) is 30.0 Å². The molecule has 1 atom stereocenters. The van der Waals surface area contributed by atoms with Crippen LogP contribution in [-0.4, -0.2) is 50.2 Å². The van der Waals surface area contributed by atoms with Gasteiger partial charge in [0.15, 0.2) is 0 Å². The Labute approximate surface area is 204 Å². The van der Waals surface area contributed by atoms with E-state index >= 15 is 0 Å². The molecule has 0 aliphatic carbocycles. The second-order valence-corrected chi connectivity index (χ2v) is 9.65. The molecule has 0 radical (unpaired) electrons. The number of amides is 1. The molecular weight excluding hydrogens is 469 g/mol. The maximum absolute atomic E-state index is 12.8. The lowest BCUT2D eigenvalue weighted by molar-refractivity contribution is -0.140. The van der Waals surface area contributed by atoms with Crippen molar-refractivity contribution in [1.82, 2.24) is 4.90 Å². The zero-order valence-electron chi connectivity index (χ0n) is 18.1. The minimum Gasteiger partial charge on any atom is -0.378 e. The quantitative estimate of drug-likeness (QED) is 0.560. The van der Waals surface area contributed by atoms with Crippen LogP contribution in [0.4, 0.5) is 11.4 Å². The molecule has 1 N–H and O–H groups in total. The normalized spacial score (nSPS) is 18.5. The highest BCUT2D eigenvalue weighted by Crippen LogP contribution is 2.34. The first-order valence-corrected chi connectivity index (χ1v) is 12.2. The van der Waals surface area contributed by atoms with Gasteiger partial charge in [-0.1, -0.05) is 40.9 Å². The second kappa shape index (κ2) is 10.5. The number of rotatable bonds is 5. The topological polar surface area (TPSA) is 44.8 Å². The maximum Gasteiger partial charge on any atom is 0.225 e. The molecule has 0 unspecified atom stereocenters. The van der Waals surface area contributed by atoms with Crippen molar-refractivity contribution >= 4 is 52.1 Å². The Kier molecular flexibility index (Phi) is 7.72. The fourth-order valence-corrected chi connectivity index (χ4v) is 5.16. The molecule has 2 heterocycles. The number of morpholine rings is 1. The van der Waals surface area contributed by atoms with Crippen LogP contribution >= 0.6 is 34.8 Å². The molecule has 0 bridgehead atoms. The first-order valence-electron chi connectivity index (χ1n) is 11.0. The first kappa shape index (κ1) is 23.5. The number of hydrogen-bond donors (Lipinski definition) is 1. The number of ether oxygens (including phenoxy) is 1. The summed E-state index contributed by atoms with van der Waals surface area (Å²) in [6.45, 7) is 6.44. The minimum atomic E-state index is -0.0376. The highest BCUT2D eigenvalue weighted by Gasteiger charge is 2.29. The maximum atomic E-state index is 12.8. The number of nitrogens with zero attached hydrogens (tertiary/aromatic N) is 2. The highest BCUT2D eigenvalue weighted by molar-refractivity contribution is 6.35. The van der Waals surface area contributed by atoms with E-state index in [-0.39, 0.29) is 17.9 Å². The summed E-state index contributed by atoms with van der Waals surface area (Å²) < 4.78 is 5.37. The molecule has 1 amide bonds. The summed E-state index contributed by atoms with van der Waals surface area (Å²) in [7, 11) is 0. The number of anilines is 2. The summed E-state index contributed by atoms with van der Waals surface area (Å²) in [5, 5.41) is 5.37. The molecule has 8 heteroatoms. The van der Waals surface area contributed by atoms with Crippen molar-refractivity contribution in [2.24, 2.45) is 5.92 Å². The Morgan fingerprint density at radius 2 is 1.72 bits per heavy atom. The van der Waals surface area contributed by atoms with Crippen LogP contribution in [0.3, 0.4) is 0 Å². The van der Waals surface area contributed by atoms with Crippen molar-refractivity contribution in [3.63, 3.8) is 0 Å². The SMILES string of the molecule is C[C@@H](Nc1cc(N2CCC(C(=O)N3CCOCC3)CC2)ccc1Cl)c1ccc(Cl)cc1Cl. The largest absolute Gasteiger partial charge is 0.378 e. The molecule has 2 aromatic rings. The summed E-state index contributed by atoms with van der Waals surface area (Å²) in [4.78, 5) is 17.1. The fourth-order valence-electron chi connectivity index (χ4n) is 4.41. The van der Waals surface area contributed by atoms with Crippen LogP contribution in [0, 0.1) is 5.92 Å². The van der Waals surface area contributed by atoms with Crippen molar-refractivity contribution in [3.05, 3.63) is 57.0 Å². The summed E-state index contributed by atoms with van der Waals surface area (Å²) in [5.41, 5.74) is 2.91. The third-order valence-electron chi connectivity index (χ3n) is 6.28. The summed E-state index contributed by atoms with van der Waals surface area (Å²) in [6, 6.07) is 11.5. The Morgan fingerprint density at radius 3 is 2.41 bits per heavy atom. The molecule has 0 saturated carbocycles. The van der Waals surface area contributed by atoms with Gasteiger partial charge in [-0.3, -0.25) is 4.79 Å². The van der Waals surface area contributed by atoms with Gasteiger partial charge in [0.1, 0.15) is 0 Å². The number of carbonyl (C=O) groups excluding carboxylic acids is 1. The Balaban J connectivity index is 1.40. The van der Waals surface area contributed by atoms with Gasteiger partial charge in [-0.15, -0.1) is 0 Å². The molecule has 0 spiro atoms. The first-order chi connectivity index (χ1) is 15.4. The molecule has 4 rings (SSSR count). The summed E-state index contributed by atoms with van der Waals surface area (Å²) in [6.07, 6.45) is 1.72. The van der Waals surface area contributed by atoms with Gasteiger partial charge in [0, 0.05) is 47.8 Å². The number of halogens is 3. The average molecular weight is 497 g/mol. The van der Waals surface area contributed by atoms with Crippen LogP contribution < -0.4 is 10.2 Å². The molecule has 0 aromatic heterocycles. The van der Waals surface area contributed by atoms with Crippen LogP contribution in [0.5, 0.6) is 0 Å². The standard InChI is InChI=1S/C24H28Cl3N3O2/c1-16(20-4-2-18(25)14-22(20)27)28-23-15-19(3-5-21(23)26)29-8-6-17(7-9-29)24(31)30-10-12-32-13-11-30/h2-5,14-17,28H,6-13H2,1H3/t16-/m1/s1. The van der Waals surface area contributed by atoms with E-state index in [0.29, 0.717) is 41.4 Å². The van der Waals surface area contributed by atoms with Crippen LogP contribution in [0.25, 0.3) is 0 Å². The summed E-state index contributed by atoms with van der Waals surface area (Å²) >= 11 is 18.9. The number of benzene rings is 2. The third-order valence-corrected chi connectivity index (χ3v) is 7.18. The Bertz CT molecular complexity index is 958. The smallest absolute Gasteiger partial charge is 0.225 e. The number of hydrogen-bond acceptors (Lipinski definition) is 4. The molecule has 2 aromatic carbocycles. The number of piperidine rings is 1. The van der Waals surface area contributed by atoms with Crippen molar-refractivity contribution in [3.8, 4) is 0 Å². The van der Waals surface area contributed by atoms with Gasteiger partial charge in [0.2, 0.25) is 5.91 Å². The van der Waals surface area contributed by atoms with Crippen LogP contribution in [0.1, 0.15) is 31.4 Å². The van der Waals surface area contributed by atoms with E-state index < -0.39 is 0 Å². The predicted octanol–water partition coefficient (Wildman–Crippen LogP) is 5.90. The molecule has 2 aliphatic rings. The molecule has 5 nitrogen and oxygen atoms in total. The van der Waals surface area contributed by atoms with E-state index in [0.717, 1.165) is 42.9 Å². The van der Waals surface area contributed by atoms with Crippen LogP contribution in [0.2, 0.25) is 15.1 Å². The minimum absolute atomic E-state index is 0.0376. The van der Waals surface area contributed by atoms with E-state index in [1.54, 1.807) is 6.07 Å². The van der Waals surface area contributed by atoms with Gasteiger partial charge in [0.25, 0.3) is 0 Å². The molecule has 2 saturated heterocycles. The van der Waals surface area contributed by atoms with E-state index in [9.17, 15) is 4.79 Å². The molecule has 172 valence electrons. The van der Waals surface area contributed by atoms with Gasteiger partial charge in [-0.2, -0.15) is 0 Å². The van der Waals surface area contributed by atoms with E-state index in [2.05, 4.69) is 16.3 Å². The lowest BCUT2D eigenvalue weighted by Crippen LogP contribution is -2.46. The Morgan fingerprint density at radius 1 is 1.00 bits per heavy atom. The van der Waals surface area contributed by atoms with Crippen LogP contribution in [0.15, 0.2) is 36.4 Å². The van der Waals surface area contributed by atoms with E-state index in [1.165, 1.54) is 0 Å². The van der Waals surface area contributed by atoms with E-state index in [1.807, 2.05) is 36.1 Å². The van der Waals surface area contributed by atoms with Crippen LogP contribution in [-0.2, 0) is 9.53 Å². The summed E-state index contributed by atoms with van der Waals surface area (Å²) in [5.74, 6) is 0.376. The van der Waals surface area contributed by atoms with Gasteiger partial charge >= 0.3 is 0 Å². The van der Waals surface area contributed by atoms with Gasteiger partial charge < -0.3 is 19.9 Å². The Hall–Kier alpha value is -1.66. The average Bonchev–Trinajstić information content (AvgIpc) is 2.80. The zero-order valence-corrected chi connectivity index (χ0v) is 20.4. The molecule has 2 fully saturated rings. The second-order valence-electron chi connectivity index (χ2n) is 8.39. The lowest BCUT2D eigenvalue weighted by Gasteiger charge is -2.36. The number of carbonyl (C=O) groups is 1. The monoisotopic (exact) mass is 495 g/mol. The van der Waals surface area contributed by atoms with Crippen molar-refractivity contribution in [1.29, 1.82) is 0 Å². The predicted molar refractivity (Wildman–Crippen MR) is 132 cm³/mol. The molecular formula is C24H28Cl3N3O2. The molecule has 32 heavy (non-hydrogen) atoms.